The Morgan fingerprint density at radius 2 is 1.74 bits per heavy atom. The molecule has 1 saturated heterocycles. The van der Waals surface area contributed by atoms with Crippen molar-refractivity contribution >= 4 is 40.5 Å². The molecular weight excluding hydrogens is 381 g/mol. The van der Waals surface area contributed by atoms with Crippen molar-refractivity contribution in [1.29, 1.82) is 0 Å². The van der Waals surface area contributed by atoms with Gasteiger partial charge in [-0.25, -0.2) is 9.89 Å². The minimum absolute atomic E-state index is 0.102. The highest BCUT2D eigenvalue weighted by atomic mass is 35.5. The van der Waals surface area contributed by atoms with Crippen LogP contribution in [0.2, 0.25) is 0 Å². The van der Waals surface area contributed by atoms with E-state index >= 15 is 0 Å². The van der Waals surface area contributed by atoms with Crippen molar-refractivity contribution in [2.24, 2.45) is 4.99 Å². The van der Waals surface area contributed by atoms with Gasteiger partial charge in [0.2, 0.25) is 0 Å². The molecule has 2 amide bonds. The maximum atomic E-state index is 12.9. The van der Waals surface area contributed by atoms with E-state index in [0.29, 0.717) is 5.69 Å². The van der Waals surface area contributed by atoms with Crippen molar-refractivity contribution in [2.75, 3.05) is 4.90 Å². The monoisotopic (exact) mass is 394 g/mol. The summed E-state index contributed by atoms with van der Waals surface area (Å²) in [6.07, 6.45) is -4.54. The number of benzene rings is 2. The average molecular weight is 395 g/mol. The van der Waals surface area contributed by atoms with E-state index in [1.807, 2.05) is 13.0 Å². The van der Waals surface area contributed by atoms with Gasteiger partial charge in [-0.15, -0.1) is 11.6 Å². The first kappa shape index (κ1) is 19.1. The fourth-order valence-corrected chi connectivity index (χ4v) is 2.99. The number of rotatable bonds is 2. The number of hydrogen-bond acceptors (Lipinski definition) is 3. The summed E-state index contributed by atoms with van der Waals surface area (Å²) in [7, 11) is 0. The molecule has 1 heterocycles. The molecular formula is C19H14ClF3N2O2. The molecule has 140 valence electrons. The highest BCUT2D eigenvalue weighted by molar-refractivity contribution is 6.68. The lowest BCUT2D eigenvalue weighted by Crippen LogP contribution is -2.31. The Balaban J connectivity index is 2.03. The number of anilines is 1. The Morgan fingerprint density at radius 3 is 2.41 bits per heavy atom. The predicted octanol–water partition coefficient (Wildman–Crippen LogP) is 4.58. The molecule has 0 spiro atoms. The third kappa shape index (κ3) is 3.47. The lowest BCUT2D eigenvalue weighted by Gasteiger charge is -2.17. The van der Waals surface area contributed by atoms with Gasteiger partial charge < -0.3 is 0 Å². The zero-order valence-corrected chi connectivity index (χ0v) is 15.1. The zero-order valence-electron chi connectivity index (χ0n) is 14.3. The second-order valence-electron chi connectivity index (χ2n) is 6.11. The van der Waals surface area contributed by atoms with E-state index in [-0.39, 0.29) is 11.4 Å². The molecule has 0 aliphatic carbocycles. The highest BCUT2D eigenvalue weighted by Gasteiger charge is 2.45. The highest BCUT2D eigenvalue weighted by Crippen LogP contribution is 2.33. The summed E-state index contributed by atoms with van der Waals surface area (Å²) < 4.78 is 38.6. The molecule has 27 heavy (non-hydrogen) atoms. The number of amides is 2. The minimum atomic E-state index is -4.54. The number of halogens is 4. The largest absolute Gasteiger partial charge is 0.416 e. The number of aliphatic imine (C=N–C) groups is 1. The molecule has 4 nitrogen and oxygen atoms in total. The predicted molar refractivity (Wildman–Crippen MR) is 96.6 cm³/mol. The lowest BCUT2D eigenvalue weighted by molar-refractivity contribution is -0.137. The number of nitrogens with zero attached hydrogens (tertiary/aromatic N) is 2. The van der Waals surface area contributed by atoms with Crippen LogP contribution in [0.4, 0.5) is 24.5 Å². The first-order valence-corrected chi connectivity index (χ1v) is 8.39. The Labute approximate surface area is 158 Å². The van der Waals surface area contributed by atoms with Crippen molar-refractivity contribution in [3.63, 3.8) is 0 Å². The van der Waals surface area contributed by atoms with E-state index in [9.17, 15) is 22.8 Å². The first-order chi connectivity index (χ1) is 12.6. The third-order valence-corrected chi connectivity index (χ3v) is 4.73. The second kappa shape index (κ2) is 6.81. The summed E-state index contributed by atoms with van der Waals surface area (Å²) >= 11 is 6.07. The normalized spacial score (nSPS) is 19.3. The molecule has 2 aromatic carbocycles. The van der Waals surface area contributed by atoms with Crippen LogP contribution < -0.4 is 4.90 Å². The molecule has 0 saturated carbocycles. The standard InChI is InChI=1S/C19H14ClF3N2O2/c1-10-5-3-8-14(11(10)2)25-17(26)15(20)16(18(25)27)24-13-7-4-6-12(9-13)19(21,22)23/h3-9,15H,1-2H3. The maximum Gasteiger partial charge on any atom is 0.416 e. The van der Waals surface area contributed by atoms with Crippen molar-refractivity contribution in [3.8, 4) is 0 Å². The van der Waals surface area contributed by atoms with Crippen LogP contribution in [0.1, 0.15) is 16.7 Å². The summed E-state index contributed by atoms with van der Waals surface area (Å²) in [5.41, 5.74) is 0.672. The molecule has 1 fully saturated rings. The Bertz CT molecular complexity index is 970. The second-order valence-corrected chi connectivity index (χ2v) is 6.54. The van der Waals surface area contributed by atoms with Crippen LogP contribution >= 0.6 is 11.6 Å². The Morgan fingerprint density at radius 1 is 1.07 bits per heavy atom. The minimum Gasteiger partial charge on any atom is -0.272 e. The molecule has 1 aliphatic heterocycles. The molecule has 1 aliphatic rings. The molecule has 1 unspecified atom stereocenters. The summed E-state index contributed by atoms with van der Waals surface area (Å²) in [6, 6.07) is 9.32. The maximum absolute atomic E-state index is 12.9. The van der Waals surface area contributed by atoms with Gasteiger partial charge in [-0.05, 0) is 49.2 Å². The van der Waals surface area contributed by atoms with Gasteiger partial charge in [0.1, 0.15) is 5.71 Å². The Kier molecular flexibility index (Phi) is 4.82. The first-order valence-electron chi connectivity index (χ1n) is 7.95. The summed E-state index contributed by atoms with van der Waals surface area (Å²) in [6.45, 7) is 3.59. The van der Waals surface area contributed by atoms with Gasteiger partial charge in [0.25, 0.3) is 11.8 Å². The van der Waals surface area contributed by atoms with Gasteiger partial charge in [0.05, 0.1) is 16.9 Å². The quantitative estimate of drug-likeness (QED) is 0.553. The fourth-order valence-electron chi connectivity index (χ4n) is 2.75. The number of imide groups is 1. The van der Waals surface area contributed by atoms with Gasteiger partial charge in [0, 0.05) is 0 Å². The van der Waals surface area contributed by atoms with Crippen LogP contribution in [-0.2, 0) is 15.8 Å². The molecule has 0 N–H and O–H groups in total. The third-order valence-electron chi connectivity index (χ3n) is 4.34. The van der Waals surface area contributed by atoms with Crippen LogP contribution in [-0.4, -0.2) is 22.9 Å². The van der Waals surface area contributed by atoms with Crippen LogP contribution in [0.5, 0.6) is 0 Å². The van der Waals surface area contributed by atoms with Gasteiger partial charge in [-0.3, -0.25) is 9.59 Å². The van der Waals surface area contributed by atoms with E-state index in [1.165, 1.54) is 12.1 Å². The van der Waals surface area contributed by atoms with Crippen LogP contribution in [0.3, 0.4) is 0 Å². The van der Waals surface area contributed by atoms with Gasteiger partial charge in [-0.2, -0.15) is 13.2 Å². The average Bonchev–Trinajstić information content (AvgIpc) is 2.81. The van der Waals surface area contributed by atoms with E-state index in [0.717, 1.165) is 28.2 Å². The van der Waals surface area contributed by atoms with Crippen LogP contribution in [0, 0.1) is 13.8 Å². The fraction of sp³-hybridized carbons (Fsp3) is 0.211. The number of hydrogen-bond donors (Lipinski definition) is 0. The number of alkyl halides is 4. The number of carbonyl (C=O) groups is 2. The Hall–Kier alpha value is -2.67. The van der Waals surface area contributed by atoms with Crippen molar-refractivity contribution < 1.29 is 22.8 Å². The molecule has 1 atom stereocenters. The van der Waals surface area contributed by atoms with Crippen molar-refractivity contribution in [1.82, 2.24) is 0 Å². The van der Waals surface area contributed by atoms with Crippen LogP contribution in [0.25, 0.3) is 0 Å². The molecule has 3 rings (SSSR count). The lowest BCUT2D eigenvalue weighted by atomic mass is 10.1. The summed E-state index contributed by atoms with van der Waals surface area (Å²) in [5, 5.41) is -1.37. The van der Waals surface area contributed by atoms with E-state index in [2.05, 4.69) is 4.99 Å². The smallest absolute Gasteiger partial charge is 0.272 e. The zero-order chi connectivity index (χ0) is 19.9. The molecule has 8 heteroatoms. The molecule has 0 aromatic heterocycles. The van der Waals surface area contributed by atoms with Gasteiger partial charge >= 0.3 is 6.18 Å². The van der Waals surface area contributed by atoms with Crippen LogP contribution in [0.15, 0.2) is 47.5 Å². The number of aryl methyl sites for hydroxylation is 1. The van der Waals surface area contributed by atoms with Crippen molar-refractivity contribution in [2.45, 2.75) is 25.4 Å². The molecule has 0 bridgehead atoms. The SMILES string of the molecule is Cc1cccc(N2C(=O)C(=Nc3cccc(C(F)(F)F)c3)C(Cl)C2=O)c1C. The van der Waals surface area contributed by atoms with Gasteiger partial charge in [0.15, 0.2) is 5.38 Å². The topological polar surface area (TPSA) is 49.7 Å². The molecule has 2 aromatic rings. The van der Waals surface area contributed by atoms with E-state index < -0.39 is 28.9 Å². The van der Waals surface area contributed by atoms with E-state index in [4.69, 9.17) is 11.6 Å². The number of carbonyl (C=O) groups excluding carboxylic acids is 2. The van der Waals surface area contributed by atoms with Crippen molar-refractivity contribution in [3.05, 3.63) is 59.2 Å². The molecule has 0 radical (unpaired) electrons. The van der Waals surface area contributed by atoms with Gasteiger partial charge in [-0.1, -0.05) is 18.2 Å². The summed E-state index contributed by atoms with van der Waals surface area (Å²) in [5.74, 6) is -1.42. The summed E-state index contributed by atoms with van der Waals surface area (Å²) in [4.78, 5) is 30.1. The van der Waals surface area contributed by atoms with E-state index in [1.54, 1.807) is 19.1 Å².